The second-order valence-corrected chi connectivity index (χ2v) is 5.78. The second kappa shape index (κ2) is 8.61. The molecule has 3 rings (SSSR count). The highest BCUT2D eigenvalue weighted by Gasteiger charge is 2.09. The lowest BCUT2D eigenvalue weighted by Crippen LogP contribution is -2.24. The fourth-order valence-electron chi connectivity index (χ4n) is 2.50. The Morgan fingerprint density at radius 1 is 1.26 bits per heavy atom. The number of nitro benzene ring substituents is 1. The van der Waals surface area contributed by atoms with Crippen LogP contribution in [0.3, 0.4) is 0 Å². The lowest BCUT2D eigenvalue weighted by molar-refractivity contribution is -0.384. The van der Waals surface area contributed by atoms with Crippen LogP contribution in [0, 0.1) is 10.1 Å². The molecule has 0 atom stereocenters. The number of rotatable bonds is 7. The maximum atomic E-state index is 11.6. The van der Waals surface area contributed by atoms with Gasteiger partial charge in [-0.15, -0.1) is 0 Å². The highest BCUT2D eigenvalue weighted by atomic mass is 16.6. The molecule has 8 heteroatoms. The largest absolute Gasteiger partial charge is 0.445 e. The molecule has 0 fully saturated rings. The van der Waals surface area contributed by atoms with Crippen LogP contribution in [0.15, 0.2) is 54.6 Å². The molecule has 1 heterocycles. The lowest BCUT2D eigenvalue weighted by atomic mass is 10.2. The third-order valence-electron chi connectivity index (χ3n) is 3.86. The number of hydrogen-bond acceptors (Lipinski definition) is 5. The maximum Gasteiger partial charge on any atom is 0.407 e. The molecule has 8 nitrogen and oxygen atoms in total. The highest BCUT2D eigenvalue weighted by molar-refractivity contribution is 5.88. The van der Waals surface area contributed by atoms with Gasteiger partial charge >= 0.3 is 6.09 Å². The lowest BCUT2D eigenvalue weighted by Gasteiger charge is -2.05. The van der Waals surface area contributed by atoms with Crippen LogP contribution in [0.25, 0.3) is 17.0 Å². The normalized spacial score (nSPS) is 11.0. The first-order chi connectivity index (χ1) is 13.1. The van der Waals surface area contributed by atoms with E-state index in [1.54, 1.807) is 6.07 Å². The van der Waals surface area contributed by atoms with Gasteiger partial charge in [-0.1, -0.05) is 36.4 Å². The van der Waals surface area contributed by atoms with Crippen LogP contribution in [-0.2, 0) is 11.3 Å². The summed E-state index contributed by atoms with van der Waals surface area (Å²) in [6, 6.07) is 14.0. The summed E-state index contributed by atoms with van der Waals surface area (Å²) < 4.78 is 5.12. The van der Waals surface area contributed by atoms with Gasteiger partial charge in [-0.25, -0.2) is 4.79 Å². The summed E-state index contributed by atoms with van der Waals surface area (Å²) in [5.41, 5.74) is 2.23. The van der Waals surface area contributed by atoms with Crippen LogP contribution in [-0.4, -0.2) is 27.8 Å². The van der Waals surface area contributed by atoms with E-state index in [1.807, 2.05) is 42.5 Å². The summed E-state index contributed by atoms with van der Waals surface area (Å²) >= 11 is 0. The van der Waals surface area contributed by atoms with Crippen molar-refractivity contribution in [2.24, 2.45) is 0 Å². The van der Waals surface area contributed by atoms with Gasteiger partial charge in [-0.3, -0.25) is 15.2 Å². The molecule has 1 aromatic heterocycles. The van der Waals surface area contributed by atoms with Gasteiger partial charge < -0.3 is 10.1 Å². The summed E-state index contributed by atoms with van der Waals surface area (Å²) in [5, 5.41) is 21.2. The molecule has 0 bridgehead atoms. The molecule has 0 unspecified atom stereocenters. The van der Waals surface area contributed by atoms with Crippen LogP contribution < -0.4 is 5.32 Å². The maximum absolute atomic E-state index is 11.6. The number of fused-ring (bicyclic) bond motifs is 1. The van der Waals surface area contributed by atoms with Crippen molar-refractivity contribution in [3.8, 4) is 0 Å². The number of amides is 1. The van der Waals surface area contributed by atoms with Gasteiger partial charge in [0.05, 0.1) is 16.1 Å². The summed E-state index contributed by atoms with van der Waals surface area (Å²) in [7, 11) is 0. The minimum atomic E-state index is -0.468. The topological polar surface area (TPSA) is 110 Å². The predicted molar refractivity (Wildman–Crippen MR) is 101 cm³/mol. The SMILES string of the molecule is O=C(NCCC=Cc1n[nH]c2cc([N+](=O)[O-])ccc12)OCc1ccccc1. The van der Waals surface area contributed by atoms with Gasteiger partial charge in [0, 0.05) is 24.1 Å². The van der Waals surface area contributed by atoms with Crippen LogP contribution >= 0.6 is 0 Å². The minimum absolute atomic E-state index is 0.0138. The summed E-state index contributed by atoms with van der Waals surface area (Å²) in [4.78, 5) is 22.0. The molecule has 0 saturated heterocycles. The molecule has 138 valence electrons. The standard InChI is InChI=1S/C19H18N4O4/c24-19(27-13-14-6-2-1-3-7-14)20-11-5-4-8-17-16-10-9-15(23(25)26)12-18(16)22-21-17/h1-4,6-10,12H,5,11,13H2,(H,20,24)(H,21,22). The number of alkyl carbamates (subject to hydrolysis) is 1. The molecule has 0 aliphatic rings. The van der Waals surface area contributed by atoms with Crippen LogP contribution in [0.1, 0.15) is 17.7 Å². The van der Waals surface area contributed by atoms with Gasteiger partial charge in [0.15, 0.2) is 0 Å². The number of nitrogens with one attached hydrogen (secondary N) is 2. The number of benzene rings is 2. The zero-order valence-corrected chi connectivity index (χ0v) is 14.4. The van der Waals surface area contributed by atoms with E-state index in [2.05, 4.69) is 15.5 Å². The molecule has 2 aromatic carbocycles. The number of ether oxygens (including phenoxy) is 1. The predicted octanol–water partition coefficient (Wildman–Crippen LogP) is 3.80. The fraction of sp³-hybridized carbons (Fsp3) is 0.158. The zero-order valence-electron chi connectivity index (χ0n) is 14.4. The van der Waals surface area contributed by atoms with E-state index >= 15 is 0 Å². The van der Waals surface area contributed by atoms with Crippen molar-refractivity contribution in [2.75, 3.05) is 6.54 Å². The van der Waals surface area contributed by atoms with Crippen molar-refractivity contribution < 1.29 is 14.5 Å². The van der Waals surface area contributed by atoms with E-state index in [-0.39, 0.29) is 12.3 Å². The van der Waals surface area contributed by atoms with E-state index in [9.17, 15) is 14.9 Å². The van der Waals surface area contributed by atoms with Crippen molar-refractivity contribution in [3.63, 3.8) is 0 Å². The van der Waals surface area contributed by atoms with Crippen LogP contribution in [0.5, 0.6) is 0 Å². The molecule has 1 amide bonds. The Hall–Kier alpha value is -3.68. The smallest absolute Gasteiger partial charge is 0.407 e. The van der Waals surface area contributed by atoms with Gasteiger partial charge in [0.1, 0.15) is 6.61 Å². The average molecular weight is 366 g/mol. The molecular formula is C19H18N4O4. The van der Waals surface area contributed by atoms with E-state index < -0.39 is 11.0 Å². The van der Waals surface area contributed by atoms with Gasteiger partial charge in [0.2, 0.25) is 0 Å². The highest BCUT2D eigenvalue weighted by Crippen LogP contribution is 2.22. The average Bonchev–Trinajstić information content (AvgIpc) is 3.09. The third kappa shape index (κ3) is 4.91. The van der Waals surface area contributed by atoms with Gasteiger partial charge in [-0.2, -0.15) is 5.10 Å². The van der Waals surface area contributed by atoms with Crippen LogP contribution in [0.2, 0.25) is 0 Å². The summed E-state index contributed by atoms with van der Waals surface area (Å²) in [6.07, 6.45) is 3.81. The molecular weight excluding hydrogens is 348 g/mol. The molecule has 3 aromatic rings. The number of H-pyrrole nitrogens is 1. The molecule has 2 N–H and O–H groups in total. The van der Waals surface area contributed by atoms with E-state index in [0.717, 1.165) is 10.9 Å². The Kier molecular flexibility index (Phi) is 5.78. The monoisotopic (exact) mass is 366 g/mol. The minimum Gasteiger partial charge on any atom is -0.445 e. The van der Waals surface area contributed by atoms with Crippen molar-refractivity contribution in [1.82, 2.24) is 15.5 Å². The molecule has 0 aliphatic carbocycles. The number of non-ortho nitro benzene ring substituents is 1. The van der Waals surface area contributed by atoms with E-state index in [0.29, 0.717) is 24.2 Å². The number of carbonyl (C=O) groups excluding carboxylic acids is 1. The molecule has 0 spiro atoms. The summed E-state index contributed by atoms with van der Waals surface area (Å²) in [6.45, 7) is 0.659. The Labute approximate surface area is 155 Å². The second-order valence-electron chi connectivity index (χ2n) is 5.78. The van der Waals surface area contributed by atoms with Gasteiger partial charge in [0.25, 0.3) is 5.69 Å². The zero-order chi connectivity index (χ0) is 19.1. The van der Waals surface area contributed by atoms with Crippen molar-refractivity contribution in [3.05, 3.63) is 76.0 Å². The number of hydrogen-bond donors (Lipinski definition) is 2. The first-order valence-corrected chi connectivity index (χ1v) is 8.37. The summed E-state index contributed by atoms with van der Waals surface area (Å²) in [5.74, 6) is 0. The van der Waals surface area contributed by atoms with Crippen molar-refractivity contribution in [2.45, 2.75) is 13.0 Å². The number of aromatic nitrogens is 2. The van der Waals surface area contributed by atoms with Gasteiger partial charge in [-0.05, 0) is 24.1 Å². The number of aromatic amines is 1. The first kappa shape index (κ1) is 18.1. The Bertz CT molecular complexity index is 966. The van der Waals surface area contributed by atoms with Crippen LogP contribution in [0.4, 0.5) is 10.5 Å². The Morgan fingerprint density at radius 2 is 2.07 bits per heavy atom. The molecule has 0 radical (unpaired) electrons. The molecule has 27 heavy (non-hydrogen) atoms. The first-order valence-electron chi connectivity index (χ1n) is 8.37. The number of nitrogens with zero attached hydrogens (tertiary/aromatic N) is 2. The third-order valence-corrected chi connectivity index (χ3v) is 3.86. The quantitative estimate of drug-likeness (QED) is 0.375. The van der Waals surface area contributed by atoms with Crippen molar-refractivity contribution >= 4 is 28.8 Å². The van der Waals surface area contributed by atoms with Crippen molar-refractivity contribution in [1.29, 1.82) is 0 Å². The number of nitro groups is 1. The Balaban J connectivity index is 1.45. The molecule has 0 saturated carbocycles. The number of carbonyl (C=O) groups is 1. The fourth-order valence-corrected chi connectivity index (χ4v) is 2.50. The van der Waals surface area contributed by atoms with E-state index in [1.165, 1.54) is 12.1 Å². The Morgan fingerprint density at radius 3 is 2.85 bits per heavy atom. The van der Waals surface area contributed by atoms with E-state index in [4.69, 9.17) is 4.74 Å². The molecule has 0 aliphatic heterocycles.